The molecule has 0 spiro atoms. The molecule has 4 nitrogen and oxygen atoms in total. The predicted octanol–water partition coefficient (Wildman–Crippen LogP) is 1.14. The van der Waals surface area contributed by atoms with Crippen LogP contribution in [0, 0.1) is 0 Å². The van der Waals surface area contributed by atoms with Crippen LogP contribution in [-0.4, -0.2) is 16.2 Å². The first-order chi connectivity index (χ1) is 4.20. The molecule has 0 aliphatic heterocycles. The molecule has 1 aromatic rings. The Balaban J connectivity index is 2.98. The van der Waals surface area contributed by atoms with E-state index in [9.17, 15) is 4.79 Å². The van der Waals surface area contributed by atoms with Gasteiger partial charge in [0.05, 0.1) is 0 Å². The smallest absolute Gasteiger partial charge is 0.358 e. The molecule has 0 aliphatic carbocycles. The van der Waals surface area contributed by atoms with Gasteiger partial charge in [-0.3, -0.25) is 0 Å². The van der Waals surface area contributed by atoms with Crippen LogP contribution < -0.4 is 0 Å². The molecule has 1 aromatic heterocycles. The van der Waals surface area contributed by atoms with E-state index in [2.05, 4.69) is 25.6 Å². The highest BCUT2D eigenvalue weighted by Crippen LogP contribution is 2.09. The second kappa shape index (κ2) is 2.18. The maximum Gasteiger partial charge on any atom is 0.358 e. The van der Waals surface area contributed by atoms with Crippen LogP contribution in [-0.2, 0) is 0 Å². The average molecular weight is 192 g/mol. The second-order valence-electron chi connectivity index (χ2n) is 1.32. The van der Waals surface area contributed by atoms with Gasteiger partial charge in [0, 0.05) is 6.07 Å². The summed E-state index contributed by atoms with van der Waals surface area (Å²) in [7, 11) is 0. The third-order valence-electron chi connectivity index (χ3n) is 0.701. The van der Waals surface area contributed by atoms with Gasteiger partial charge in [-0.1, -0.05) is 5.16 Å². The van der Waals surface area contributed by atoms with Crippen molar-refractivity contribution in [1.82, 2.24) is 5.16 Å². The number of hydrogen-bond donors (Lipinski definition) is 1. The Labute approximate surface area is 58.6 Å². The number of nitrogens with zero attached hydrogens (tertiary/aromatic N) is 1. The number of carbonyl (C=O) groups is 1. The molecule has 9 heavy (non-hydrogen) atoms. The van der Waals surface area contributed by atoms with Crippen molar-refractivity contribution < 1.29 is 14.4 Å². The van der Waals surface area contributed by atoms with E-state index in [1.54, 1.807) is 0 Å². The van der Waals surface area contributed by atoms with Crippen LogP contribution in [0.25, 0.3) is 0 Å². The van der Waals surface area contributed by atoms with Crippen molar-refractivity contribution in [2.45, 2.75) is 0 Å². The zero-order chi connectivity index (χ0) is 6.85. The van der Waals surface area contributed by atoms with E-state index in [1.165, 1.54) is 6.07 Å². The molecule has 0 saturated heterocycles. The van der Waals surface area contributed by atoms with Gasteiger partial charge in [-0.15, -0.1) is 0 Å². The van der Waals surface area contributed by atoms with E-state index in [1.807, 2.05) is 0 Å². The van der Waals surface area contributed by atoms with Crippen LogP contribution in [0.15, 0.2) is 15.3 Å². The van der Waals surface area contributed by atoms with E-state index in [-0.39, 0.29) is 5.69 Å². The van der Waals surface area contributed by atoms with Crippen molar-refractivity contribution in [2.24, 2.45) is 0 Å². The molecule has 0 saturated carbocycles. The summed E-state index contributed by atoms with van der Waals surface area (Å²) in [6, 6.07) is 1.28. The van der Waals surface area contributed by atoms with Crippen LogP contribution in [0.1, 0.15) is 10.5 Å². The highest BCUT2D eigenvalue weighted by molar-refractivity contribution is 9.10. The van der Waals surface area contributed by atoms with Gasteiger partial charge in [-0.2, -0.15) is 0 Å². The highest BCUT2D eigenvalue weighted by Gasteiger charge is 2.07. The lowest BCUT2D eigenvalue weighted by Gasteiger charge is -1.75. The highest BCUT2D eigenvalue weighted by atomic mass is 79.9. The molecule has 0 aliphatic rings. The van der Waals surface area contributed by atoms with E-state index >= 15 is 0 Å². The van der Waals surface area contributed by atoms with Gasteiger partial charge < -0.3 is 9.63 Å². The van der Waals surface area contributed by atoms with Crippen LogP contribution in [0.5, 0.6) is 0 Å². The Hall–Kier alpha value is -0.840. The molecule has 0 fully saturated rings. The summed E-state index contributed by atoms with van der Waals surface area (Å²) in [5.74, 6) is -1.09. The van der Waals surface area contributed by atoms with Crippen molar-refractivity contribution in [3.8, 4) is 0 Å². The summed E-state index contributed by atoms with van der Waals surface area (Å²) in [5.41, 5.74) is -0.0955. The number of aromatic nitrogens is 1. The lowest BCUT2D eigenvalue weighted by atomic mass is 10.5. The van der Waals surface area contributed by atoms with Gasteiger partial charge in [-0.05, 0) is 15.9 Å². The molecule has 0 atom stereocenters. The lowest BCUT2D eigenvalue weighted by molar-refractivity contribution is 0.0685. The zero-order valence-corrected chi connectivity index (χ0v) is 5.75. The molecule has 1 N–H and O–H groups in total. The van der Waals surface area contributed by atoms with Crippen LogP contribution in [0.4, 0.5) is 0 Å². The van der Waals surface area contributed by atoms with E-state index < -0.39 is 5.97 Å². The van der Waals surface area contributed by atoms with Gasteiger partial charge in [0.2, 0.25) is 4.67 Å². The Morgan fingerprint density at radius 3 is 2.78 bits per heavy atom. The van der Waals surface area contributed by atoms with Crippen LogP contribution >= 0.6 is 15.9 Å². The number of carboxylic acid groups (broad SMARTS) is 1. The topological polar surface area (TPSA) is 63.3 Å². The number of rotatable bonds is 1. The molecule has 1 rings (SSSR count). The fourth-order valence-electron chi connectivity index (χ4n) is 0.354. The van der Waals surface area contributed by atoms with Crippen LogP contribution in [0.3, 0.4) is 0 Å². The monoisotopic (exact) mass is 191 g/mol. The normalized spacial score (nSPS) is 9.44. The predicted molar refractivity (Wildman–Crippen MR) is 31.2 cm³/mol. The number of hydrogen-bond acceptors (Lipinski definition) is 3. The summed E-state index contributed by atoms with van der Waals surface area (Å²) in [5, 5.41) is 11.4. The Morgan fingerprint density at radius 1 is 1.89 bits per heavy atom. The molecular formula is C4H2BrNO3. The molecule has 0 amide bonds. The molecule has 1 heterocycles. The minimum atomic E-state index is -1.09. The summed E-state index contributed by atoms with van der Waals surface area (Å²) in [4.78, 5) is 10.1. The quantitative estimate of drug-likeness (QED) is 0.724. The summed E-state index contributed by atoms with van der Waals surface area (Å²) in [6.07, 6.45) is 0. The first-order valence-electron chi connectivity index (χ1n) is 2.05. The van der Waals surface area contributed by atoms with E-state index in [4.69, 9.17) is 5.11 Å². The van der Waals surface area contributed by atoms with Crippen molar-refractivity contribution >= 4 is 21.9 Å². The molecule has 48 valence electrons. The minimum Gasteiger partial charge on any atom is -0.476 e. The number of carboxylic acids is 1. The van der Waals surface area contributed by atoms with Crippen molar-refractivity contribution in [1.29, 1.82) is 0 Å². The molecular weight excluding hydrogens is 190 g/mol. The largest absolute Gasteiger partial charge is 0.476 e. The third-order valence-corrected chi connectivity index (χ3v) is 1.07. The maximum absolute atomic E-state index is 10.1. The van der Waals surface area contributed by atoms with Crippen molar-refractivity contribution in [3.05, 3.63) is 16.4 Å². The van der Waals surface area contributed by atoms with Gasteiger partial charge in [0.1, 0.15) is 0 Å². The lowest BCUT2D eigenvalue weighted by Crippen LogP contribution is -1.94. The maximum atomic E-state index is 10.1. The molecule has 0 radical (unpaired) electrons. The summed E-state index contributed by atoms with van der Waals surface area (Å²) < 4.78 is 4.73. The number of halogens is 1. The minimum absolute atomic E-state index is 0.0955. The molecule has 0 bridgehead atoms. The van der Waals surface area contributed by atoms with Gasteiger partial charge in [0.15, 0.2) is 5.69 Å². The van der Waals surface area contributed by atoms with E-state index in [0.29, 0.717) is 4.67 Å². The second-order valence-corrected chi connectivity index (χ2v) is 2.10. The first kappa shape index (κ1) is 6.28. The average Bonchev–Trinajstić information content (AvgIpc) is 2.14. The Bertz CT molecular complexity index is 231. The molecule has 0 unspecified atom stereocenters. The van der Waals surface area contributed by atoms with Gasteiger partial charge in [-0.25, -0.2) is 4.79 Å². The SMILES string of the molecule is O=C(O)c1cc(Br)on1. The summed E-state index contributed by atoms with van der Waals surface area (Å²) in [6.45, 7) is 0. The standard InChI is InChI=1S/C4H2BrNO3/c5-3-1-2(4(7)8)6-9-3/h1H,(H,7,8). The van der Waals surface area contributed by atoms with Gasteiger partial charge in [0.25, 0.3) is 0 Å². The third kappa shape index (κ3) is 1.29. The molecule has 5 heteroatoms. The Kier molecular flexibility index (Phi) is 1.52. The molecule has 0 aromatic carbocycles. The fraction of sp³-hybridized carbons (Fsp3) is 0. The fourth-order valence-corrected chi connectivity index (χ4v) is 0.643. The van der Waals surface area contributed by atoms with Crippen LogP contribution in [0.2, 0.25) is 0 Å². The van der Waals surface area contributed by atoms with Crippen molar-refractivity contribution in [2.75, 3.05) is 0 Å². The zero-order valence-electron chi connectivity index (χ0n) is 4.17. The number of aromatic carboxylic acids is 1. The van der Waals surface area contributed by atoms with Gasteiger partial charge >= 0.3 is 5.97 Å². The first-order valence-corrected chi connectivity index (χ1v) is 2.85. The van der Waals surface area contributed by atoms with Crippen molar-refractivity contribution in [3.63, 3.8) is 0 Å². The summed E-state index contributed by atoms with van der Waals surface area (Å²) >= 11 is 2.91. The van der Waals surface area contributed by atoms with E-state index in [0.717, 1.165) is 0 Å². The Morgan fingerprint density at radius 2 is 2.56 bits per heavy atom.